The van der Waals surface area contributed by atoms with E-state index in [1.807, 2.05) is 73.6 Å². The van der Waals surface area contributed by atoms with E-state index < -0.39 is 5.97 Å². The number of hydrogen-bond donors (Lipinski definition) is 0. The smallest absolute Gasteiger partial charge is 0.336 e. The van der Waals surface area contributed by atoms with Gasteiger partial charge in [-0.3, -0.25) is 9.69 Å². The second kappa shape index (κ2) is 8.22. The molecule has 1 heterocycles. The Bertz CT molecular complexity index is 807. The molecular formula is C21H25N3O3. The number of amides is 2. The Morgan fingerprint density at radius 3 is 2.44 bits per heavy atom. The minimum atomic E-state index is -0.511. The number of fused-ring (bicyclic) bond motifs is 1. The number of benzene rings is 2. The molecule has 0 N–H and O–H groups in total. The highest BCUT2D eigenvalue weighted by molar-refractivity contribution is 5.94. The maximum atomic E-state index is 13.4. The molecule has 1 aliphatic heterocycles. The first-order valence-electron chi connectivity index (χ1n) is 9.04. The average molecular weight is 367 g/mol. The molecule has 0 saturated carbocycles. The highest BCUT2D eigenvalue weighted by Gasteiger charge is 2.37. The lowest BCUT2D eigenvalue weighted by Crippen LogP contribution is -2.46. The van der Waals surface area contributed by atoms with E-state index in [9.17, 15) is 9.59 Å². The van der Waals surface area contributed by atoms with E-state index in [4.69, 9.17) is 4.84 Å². The van der Waals surface area contributed by atoms with Gasteiger partial charge in [-0.1, -0.05) is 48.5 Å². The monoisotopic (exact) mass is 367 g/mol. The molecule has 0 saturated heterocycles. The molecule has 6 nitrogen and oxygen atoms in total. The van der Waals surface area contributed by atoms with Gasteiger partial charge in [0.25, 0.3) is 0 Å². The van der Waals surface area contributed by atoms with Gasteiger partial charge in [0.05, 0.1) is 0 Å². The number of hydroxylamine groups is 2. The fraction of sp³-hybridized carbons (Fsp3) is 0.333. The van der Waals surface area contributed by atoms with Gasteiger partial charge < -0.3 is 9.74 Å². The number of anilines is 1. The molecular weight excluding hydrogens is 342 g/mol. The van der Waals surface area contributed by atoms with Gasteiger partial charge in [-0.2, -0.15) is 0 Å². The van der Waals surface area contributed by atoms with Crippen molar-refractivity contribution in [2.75, 3.05) is 32.1 Å². The summed E-state index contributed by atoms with van der Waals surface area (Å²) < 4.78 is 0. The molecule has 0 aromatic heterocycles. The van der Waals surface area contributed by atoms with Crippen LogP contribution in [0.5, 0.6) is 0 Å². The molecule has 1 unspecified atom stereocenters. The van der Waals surface area contributed by atoms with Crippen LogP contribution in [0.3, 0.4) is 0 Å². The van der Waals surface area contributed by atoms with E-state index in [2.05, 4.69) is 0 Å². The molecule has 2 aromatic rings. The molecule has 1 aliphatic rings. The maximum Gasteiger partial charge on any atom is 0.358 e. The molecule has 2 aromatic carbocycles. The van der Waals surface area contributed by atoms with Crippen LogP contribution in [0.1, 0.15) is 24.1 Å². The van der Waals surface area contributed by atoms with Gasteiger partial charge >= 0.3 is 12.0 Å². The zero-order valence-electron chi connectivity index (χ0n) is 16.0. The van der Waals surface area contributed by atoms with Crippen molar-refractivity contribution in [3.63, 3.8) is 0 Å². The Hall–Kier alpha value is -2.86. The summed E-state index contributed by atoms with van der Waals surface area (Å²) in [4.78, 5) is 34.3. The van der Waals surface area contributed by atoms with Gasteiger partial charge in [-0.25, -0.2) is 4.79 Å². The van der Waals surface area contributed by atoms with Gasteiger partial charge in [0.15, 0.2) is 0 Å². The van der Waals surface area contributed by atoms with Crippen LogP contribution in [0, 0.1) is 0 Å². The number of carbonyl (C=O) groups excluding carboxylic acids is 2. The SMILES string of the molecule is CC(=O)ON1C(=O)N(CCN(C)C)c2ccccc2CC1c1ccccc1. The average Bonchev–Trinajstić information content (AvgIpc) is 2.76. The third-order valence-electron chi connectivity index (χ3n) is 4.58. The van der Waals surface area contributed by atoms with Crippen molar-refractivity contribution >= 4 is 17.7 Å². The van der Waals surface area contributed by atoms with Crippen molar-refractivity contribution in [3.8, 4) is 0 Å². The molecule has 0 bridgehead atoms. The normalized spacial score (nSPS) is 16.9. The highest BCUT2D eigenvalue weighted by atomic mass is 16.7. The largest absolute Gasteiger partial charge is 0.358 e. The Labute approximate surface area is 159 Å². The van der Waals surface area contributed by atoms with E-state index in [1.165, 1.54) is 12.0 Å². The number of carbonyl (C=O) groups is 2. The van der Waals surface area contributed by atoms with Crippen molar-refractivity contribution in [1.29, 1.82) is 0 Å². The Morgan fingerprint density at radius 2 is 1.78 bits per heavy atom. The molecule has 0 spiro atoms. The number of nitrogens with zero attached hydrogens (tertiary/aromatic N) is 3. The lowest BCUT2D eigenvalue weighted by Gasteiger charge is -2.31. The van der Waals surface area contributed by atoms with E-state index in [0.717, 1.165) is 16.8 Å². The van der Waals surface area contributed by atoms with Crippen molar-refractivity contribution in [2.24, 2.45) is 0 Å². The first-order chi connectivity index (χ1) is 13.0. The second-order valence-corrected chi connectivity index (χ2v) is 6.91. The molecule has 0 radical (unpaired) electrons. The minimum absolute atomic E-state index is 0.328. The van der Waals surface area contributed by atoms with Gasteiger partial charge in [0.2, 0.25) is 0 Å². The van der Waals surface area contributed by atoms with Crippen LogP contribution >= 0.6 is 0 Å². The maximum absolute atomic E-state index is 13.4. The van der Waals surface area contributed by atoms with Crippen LogP contribution in [0.4, 0.5) is 10.5 Å². The van der Waals surface area contributed by atoms with Crippen LogP contribution in [-0.4, -0.2) is 49.1 Å². The summed E-state index contributed by atoms with van der Waals surface area (Å²) >= 11 is 0. The second-order valence-electron chi connectivity index (χ2n) is 6.91. The standard InChI is InChI=1S/C21H25N3O3/c1-16(25)27-24-20(17-9-5-4-6-10-17)15-18-11-7-8-12-19(18)23(21(24)26)14-13-22(2)3/h4-12,20H,13-15H2,1-3H3. The number of hydrogen-bond acceptors (Lipinski definition) is 4. The predicted octanol–water partition coefficient (Wildman–Crippen LogP) is 3.25. The molecule has 0 aliphatic carbocycles. The highest BCUT2D eigenvalue weighted by Crippen LogP contribution is 2.35. The van der Waals surface area contributed by atoms with Crippen LogP contribution in [0.25, 0.3) is 0 Å². The first kappa shape index (κ1) is 18.9. The van der Waals surface area contributed by atoms with Gasteiger partial charge in [0.1, 0.15) is 6.04 Å². The van der Waals surface area contributed by atoms with Crippen LogP contribution in [-0.2, 0) is 16.1 Å². The number of urea groups is 1. The summed E-state index contributed by atoms with van der Waals surface area (Å²) in [5.41, 5.74) is 2.84. The fourth-order valence-corrected chi connectivity index (χ4v) is 3.28. The van der Waals surface area contributed by atoms with Crippen LogP contribution < -0.4 is 4.90 Å². The van der Waals surface area contributed by atoms with Crippen molar-refractivity contribution in [2.45, 2.75) is 19.4 Å². The summed E-state index contributed by atoms with van der Waals surface area (Å²) in [5.74, 6) is -0.511. The Kier molecular flexibility index (Phi) is 5.76. The van der Waals surface area contributed by atoms with E-state index in [-0.39, 0.29) is 12.1 Å². The summed E-state index contributed by atoms with van der Waals surface area (Å²) in [7, 11) is 3.93. The fourth-order valence-electron chi connectivity index (χ4n) is 3.28. The number of likely N-dealkylation sites (N-methyl/N-ethyl adjacent to an activating group) is 1. The Balaban J connectivity index is 2.06. The molecule has 1 atom stereocenters. The van der Waals surface area contributed by atoms with Gasteiger partial charge in [0, 0.05) is 32.1 Å². The summed E-state index contributed by atoms with van der Waals surface area (Å²) in [6, 6.07) is 16.8. The number of para-hydroxylation sites is 1. The van der Waals surface area contributed by atoms with E-state index >= 15 is 0 Å². The molecule has 0 fully saturated rings. The lowest BCUT2D eigenvalue weighted by atomic mass is 9.98. The van der Waals surface area contributed by atoms with Gasteiger partial charge in [-0.15, -0.1) is 5.06 Å². The molecule has 2 amide bonds. The summed E-state index contributed by atoms with van der Waals surface area (Å²) in [6.45, 7) is 2.52. The van der Waals surface area contributed by atoms with Crippen molar-refractivity contribution in [3.05, 3.63) is 65.7 Å². The Morgan fingerprint density at radius 1 is 1.11 bits per heavy atom. The van der Waals surface area contributed by atoms with Gasteiger partial charge in [-0.05, 0) is 31.3 Å². The molecule has 3 rings (SSSR count). The molecule has 27 heavy (non-hydrogen) atoms. The molecule has 6 heteroatoms. The minimum Gasteiger partial charge on any atom is -0.336 e. The summed E-state index contributed by atoms with van der Waals surface area (Å²) in [5, 5.41) is 1.23. The summed E-state index contributed by atoms with van der Waals surface area (Å²) in [6.07, 6.45) is 0.567. The molecule has 142 valence electrons. The third kappa shape index (κ3) is 4.28. The zero-order valence-corrected chi connectivity index (χ0v) is 16.0. The number of rotatable bonds is 5. The van der Waals surface area contributed by atoms with Crippen molar-refractivity contribution in [1.82, 2.24) is 9.96 Å². The van der Waals surface area contributed by atoms with Crippen LogP contribution in [0.15, 0.2) is 54.6 Å². The topological polar surface area (TPSA) is 53.1 Å². The van der Waals surface area contributed by atoms with Crippen molar-refractivity contribution < 1.29 is 14.4 Å². The lowest BCUT2D eigenvalue weighted by molar-refractivity contribution is -0.181. The quantitative estimate of drug-likeness (QED) is 0.814. The predicted molar refractivity (Wildman–Crippen MR) is 104 cm³/mol. The van der Waals surface area contributed by atoms with E-state index in [0.29, 0.717) is 19.5 Å². The first-order valence-corrected chi connectivity index (χ1v) is 9.04. The zero-order chi connectivity index (χ0) is 19.4. The van der Waals surface area contributed by atoms with E-state index in [1.54, 1.807) is 4.90 Å². The van der Waals surface area contributed by atoms with Crippen LogP contribution in [0.2, 0.25) is 0 Å². The third-order valence-corrected chi connectivity index (χ3v) is 4.58.